The third-order valence-corrected chi connectivity index (χ3v) is 11.1. The van der Waals surface area contributed by atoms with Gasteiger partial charge in [-0.2, -0.15) is 0 Å². The molecule has 0 fully saturated rings. The van der Waals surface area contributed by atoms with Crippen molar-refractivity contribution in [3.05, 3.63) is 177 Å². The van der Waals surface area contributed by atoms with Crippen molar-refractivity contribution in [3.63, 3.8) is 0 Å². The van der Waals surface area contributed by atoms with E-state index in [1.165, 1.54) is 18.2 Å². The van der Waals surface area contributed by atoms with E-state index >= 15 is 0 Å². The molecule has 2 aliphatic heterocycles. The number of carbonyl (C=O) groups is 8. The molecule has 4 aliphatic rings. The van der Waals surface area contributed by atoms with Crippen molar-refractivity contribution < 1.29 is 57.3 Å². The molecule has 6 aromatic rings. The van der Waals surface area contributed by atoms with Gasteiger partial charge in [-0.1, -0.05) is 56.3 Å². The second-order valence-corrected chi connectivity index (χ2v) is 15.2. The van der Waals surface area contributed by atoms with E-state index in [0.717, 1.165) is 11.1 Å². The molecule has 0 bridgehead atoms. The Morgan fingerprint density at radius 3 is 1.18 bits per heavy atom. The van der Waals surface area contributed by atoms with Gasteiger partial charge in [-0.3, -0.25) is 19.2 Å². The maximum Gasteiger partial charge on any atom is 0.347 e. The van der Waals surface area contributed by atoms with Crippen LogP contribution < -0.4 is 9.47 Å². The highest BCUT2D eigenvalue weighted by molar-refractivity contribution is 6.25. The van der Waals surface area contributed by atoms with Gasteiger partial charge in [-0.15, -0.1) is 0 Å². The lowest BCUT2D eigenvalue weighted by Crippen LogP contribution is -2.18. The molecule has 0 aromatic heterocycles. The summed E-state index contributed by atoms with van der Waals surface area (Å²) in [5, 5.41) is 0. The number of ketones is 4. The Kier molecular flexibility index (Phi) is 9.20. The summed E-state index contributed by atoms with van der Waals surface area (Å²) in [7, 11) is 0. The number of benzene rings is 6. The predicted octanol–water partition coefficient (Wildman–Crippen LogP) is 9.11. The zero-order valence-electron chi connectivity index (χ0n) is 32.4. The van der Waals surface area contributed by atoms with Crippen LogP contribution in [-0.2, 0) is 14.9 Å². The summed E-state index contributed by atoms with van der Waals surface area (Å²) in [5.74, 6) is -1.20. The van der Waals surface area contributed by atoms with Gasteiger partial charge < -0.3 is 18.9 Å². The average molecular weight is 811 g/mol. The zero-order chi connectivity index (χ0) is 42.7. The maximum atomic E-state index is 12.0. The molecule has 61 heavy (non-hydrogen) atoms. The highest BCUT2D eigenvalue weighted by Gasteiger charge is 2.32. The molecule has 6 aromatic carbocycles. The van der Waals surface area contributed by atoms with Gasteiger partial charge in [0.15, 0.2) is 23.1 Å². The first-order chi connectivity index (χ1) is 29.2. The van der Waals surface area contributed by atoms with E-state index in [-0.39, 0.29) is 63.6 Å². The smallest absolute Gasteiger partial charge is 0.347 e. The Morgan fingerprint density at radius 1 is 0.361 bits per heavy atom. The third-order valence-electron chi connectivity index (χ3n) is 11.1. The van der Waals surface area contributed by atoms with Crippen LogP contribution >= 0.6 is 0 Å². The first-order valence-corrected chi connectivity index (χ1v) is 19.0. The number of carbonyl (C=O) groups excluding carboxylic acids is 8. The molecule has 12 heteroatoms. The third kappa shape index (κ3) is 6.99. The Morgan fingerprint density at radius 2 is 0.689 bits per heavy atom. The van der Waals surface area contributed by atoms with Crippen LogP contribution in [0.5, 0.6) is 23.0 Å². The minimum Gasteiger partial charge on any atom is -0.457 e. The van der Waals surface area contributed by atoms with E-state index in [2.05, 4.69) is 23.3 Å². The van der Waals surface area contributed by atoms with E-state index < -0.39 is 23.9 Å². The predicted molar refractivity (Wildman–Crippen MR) is 216 cm³/mol. The van der Waals surface area contributed by atoms with Gasteiger partial charge in [0.2, 0.25) is 0 Å². The standard InChI is InChI=1S/C32H22O7.C17H8O5/c1-32(2,18-3-7-20(8-4-18)37-22-11-13-24-26(15-22)29(34)17-28(24)33)19-5-9-21(10-6-19)38-23-12-14-25-27(16-23)31(36)39-30(25)35;18-14-7-15(19)12-5-8(1-3-10(12)14)9-2-4-11-13(6-9)17(21)22-16(11)20/h3-16H,17H2,1-2H3;1-6H,7H2. The van der Waals surface area contributed by atoms with Crippen LogP contribution in [0.3, 0.4) is 0 Å². The van der Waals surface area contributed by atoms with E-state index in [1.54, 1.807) is 54.6 Å². The molecule has 0 saturated heterocycles. The van der Waals surface area contributed by atoms with Crippen LogP contribution in [-0.4, -0.2) is 47.0 Å². The van der Waals surface area contributed by atoms with Gasteiger partial charge in [0.25, 0.3) is 0 Å². The molecule has 2 heterocycles. The number of esters is 4. The Bertz CT molecular complexity index is 2770. The first kappa shape index (κ1) is 38.4. The first-order valence-electron chi connectivity index (χ1n) is 19.0. The molecule has 12 nitrogen and oxygen atoms in total. The summed E-state index contributed by atoms with van der Waals surface area (Å²) in [4.78, 5) is 93.8. The molecular formula is C49H30O12. The van der Waals surface area contributed by atoms with Crippen LogP contribution in [0, 0.1) is 0 Å². The van der Waals surface area contributed by atoms with Gasteiger partial charge >= 0.3 is 23.9 Å². The normalized spacial score (nSPS) is 14.8. The van der Waals surface area contributed by atoms with Gasteiger partial charge in [-0.05, 0) is 101 Å². The molecule has 2 aliphatic carbocycles. The minimum absolute atomic E-state index is 0.0811. The van der Waals surface area contributed by atoms with E-state index in [4.69, 9.17) is 9.47 Å². The summed E-state index contributed by atoms with van der Waals surface area (Å²) in [6, 6.07) is 34.8. The number of cyclic esters (lactones) is 4. The number of hydrogen-bond donors (Lipinski definition) is 0. The van der Waals surface area contributed by atoms with Gasteiger partial charge in [-0.25, -0.2) is 19.2 Å². The number of ether oxygens (including phenoxy) is 4. The highest BCUT2D eigenvalue weighted by Crippen LogP contribution is 2.37. The van der Waals surface area contributed by atoms with Crippen LogP contribution in [0.4, 0.5) is 0 Å². The average Bonchev–Trinajstić information content (AvgIpc) is 3.92. The minimum atomic E-state index is -0.673. The lowest BCUT2D eigenvalue weighted by atomic mass is 9.78. The molecule has 0 saturated carbocycles. The Balaban J connectivity index is 0.000000182. The van der Waals surface area contributed by atoms with Gasteiger partial charge in [0.05, 0.1) is 35.1 Å². The topological polar surface area (TPSA) is 173 Å². The Labute approximate surface area is 346 Å². The molecule has 298 valence electrons. The summed E-state index contributed by atoms with van der Waals surface area (Å²) >= 11 is 0. The van der Waals surface area contributed by atoms with E-state index in [0.29, 0.717) is 56.4 Å². The van der Waals surface area contributed by atoms with Crippen molar-refractivity contribution in [2.24, 2.45) is 0 Å². The van der Waals surface area contributed by atoms with Crippen molar-refractivity contribution in [3.8, 4) is 34.1 Å². The molecule has 0 radical (unpaired) electrons. The fraction of sp³-hybridized carbons (Fsp3) is 0.102. The Hall–Kier alpha value is -8.12. The summed E-state index contributed by atoms with van der Waals surface area (Å²) in [5.41, 5.74) is 5.78. The van der Waals surface area contributed by atoms with Crippen molar-refractivity contribution in [2.75, 3.05) is 0 Å². The van der Waals surface area contributed by atoms with E-state index in [1.807, 2.05) is 48.5 Å². The molecular weight excluding hydrogens is 781 g/mol. The summed E-state index contributed by atoms with van der Waals surface area (Å²) in [6.07, 6.45) is -0.175. The van der Waals surface area contributed by atoms with E-state index in [9.17, 15) is 38.4 Å². The lowest BCUT2D eigenvalue weighted by Gasteiger charge is -2.26. The maximum absolute atomic E-state index is 12.0. The summed E-state index contributed by atoms with van der Waals surface area (Å²) in [6.45, 7) is 4.23. The fourth-order valence-corrected chi connectivity index (χ4v) is 7.64. The second-order valence-electron chi connectivity index (χ2n) is 15.2. The van der Waals surface area contributed by atoms with Crippen molar-refractivity contribution in [1.29, 1.82) is 0 Å². The fourth-order valence-electron chi connectivity index (χ4n) is 7.64. The van der Waals surface area contributed by atoms with Crippen molar-refractivity contribution in [1.82, 2.24) is 0 Å². The van der Waals surface area contributed by atoms with Gasteiger partial charge in [0.1, 0.15) is 23.0 Å². The number of rotatable bonds is 7. The number of Topliss-reactive ketones (excluding diaryl/α,β-unsaturated/α-hetero) is 4. The van der Waals surface area contributed by atoms with Gasteiger partial charge in [0, 0.05) is 27.7 Å². The SMILES string of the molecule is CC(C)(c1ccc(Oc2ccc3c(c2)C(=O)CC3=O)cc1)c1ccc(Oc2ccc3c(c2)C(=O)OC3=O)cc1.O=C1CC(=O)c2cc(-c3ccc4c(c3)C(=O)OC4=O)ccc21. The van der Waals surface area contributed by atoms with Crippen molar-refractivity contribution >= 4 is 47.0 Å². The largest absolute Gasteiger partial charge is 0.457 e. The number of hydrogen-bond acceptors (Lipinski definition) is 12. The number of fused-ring (bicyclic) bond motifs is 4. The summed E-state index contributed by atoms with van der Waals surface area (Å²) < 4.78 is 21.0. The van der Waals surface area contributed by atoms with Crippen molar-refractivity contribution in [2.45, 2.75) is 32.1 Å². The molecule has 0 amide bonds. The van der Waals surface area contributed by atoms with Crippen LogP contribution in [0.15, 0.2) is 121 Å². The lowest BCUT2D eigenvalue weighted by molar-refractivity contribution is 0.0425. The highest BCUT2D eigenvalue weighted by atomic mass is 16.6. The molecule has 0 unspecified atom stereocenters. The molecule has 0 N–H and O–H groups in total. The monoisotopic (exact) mass is 810 g/mol. The molecule has 10 rings (SSSR count). The van der Waals surface area contributed by atoms with Crippen LogP contribution in [0.1, 0.15) is 121 Å². The van der Waals surface area contributed by atoms with Crippen LogP contribution in [0.2, 0.25) is 0 Å². The quantitative estimate of drug-likeness (QED) is 0.111. The second kappa shape index (κ2) is 14.6. The van der Waals surface area contributed by atoms with Crippen LogP contribution in [0.25, 0.3) is 11.1 Å². The molecule has 0 atom stereocenters. The zero-order valence-corrected chi connectivity index (χ0v) is 32.4. The molecule has 0 spiro atoms.